The Kier molecular flexibility index (Phi) is 16.4. The molecule has 0 aliphatic rings. The molecule has 15 nitrogen and oxygen atoms in total. The summed E-state index contributed by atoms with van der Waals surface area (Å²) in [5.74, 6) is 2.24. The predicted octanol–water partition coefficient (Wildman–Crippen LogP) is 2.26. The molecule has 21 heteroatoms. The van der Waals surface area contributed by atoms with Gasteiger partial charge in [0.2, 0.25) is 0 Å². The molecule has 0 aromatic carbocycles. The first-order valence-electron chi connectivity index (χ1n) is 11.4. The van der Waals surface area contributed by atoms with Crippen LogP contribution >= 0.6 is 23.5 Å². The number of alkyl carbamates (subject to hydrolysis) is 1. The second-order valence-corrected chi connectivity index (χ2v) is 11.3. The van der Waals surface area contributed by atoms with Crippen LogP contribution < -0.4 is 33.2 Å². The van der Waals surface area contributed by atoms with Crippen molar-refractivity contribution in [3.8, 4) is 0 Å². The molecule has 2 aromatic rings. The second kappa shape index (κ2) is 17.7. The van der Waals surface area contributed by atoms with Crippen LogP contribution in [0.4, 0.5) is 41.2 Å². The van der Waals surface area contributed by atoms with Gasteiger partial charge in [0, 0.05) is 38.3 Å². The minimum Gasteiger partial charge on any atom is -0.444 e. The highest BCUT2D eigenvalue weighted by Gasteiger charge is 2.44. The van der Waals surface area contributed by atoms with E-state index in [0.29, 0.717) is 53.9 Å². The predicted molar refractivity (Wildman–Crippen MR) is 154 cm³/mol. The number of rotatable bonds is 9. The van der Waals surface area contributed by atoms with Gasteiger partial charge in [0.1, 0.15) is 28.9 Å². The smallest absolute Gasteiger partial charge is 0.444 e. The molecule has 234 valence electrons. The molecule has 10 N–H and O–H groups in total. The Morgan fingerprint density at radius 1 is 0.927 bits per heavy atom. The maximum Gasteiger partial charge on any atom is 0.522 e. The van der Waals surface area contributed by atoms with Crippen LogP contribution in [0.5, 0.6) is 0 Å². The van der Waals surface area contributed by atoms with E-state index in [1.54, 1.807) is 12.1 Å². The Hall–Kier alpha value is -3.01. The summed E-state index contributed by atoms with van der Waals surface area (Å²) in [5, 5.41) is 10.0. The molecule has 0 bridgehead atoms. The van der Waals surface area contributed by atoms with Gasteiger partial charge in [-0.3, -0.25) is 4.55 Å². The maximum atomic E-state index is 11.4. The molecule has 2 heterocycles. The third-order valence-corrected chi connectivity index (χ3v) is 5.34. The van der Waals surface area contributed by atoms with Crippen molar-refractivity contribution in [2.24, 2.45) is 5.73 Å². The number of nitrogens with two attached hydrogens (primary N) is 3. The van der Waals surface area contributed by atoms with Gasteiger partial charge in [-0.15, -0.1) is 0 Å². The zero-order valence-corrected chi connectivity index (χ0v) is 25.4. The molecule has 0 aliphatic heterocycles. The summed E-state index contributed by atoms with van der Waals surface area (Å²) in [6.07, 6.45) is 3.34. The molecule has 0 atom stereocenters. The lowest BCUT2D eigenvalue weighted by molar-refractivity contribution is -0.0510. The highest BCUT2D eigenvalue weighted by atomic mass is 32.2. The van der Waals surface area contributed by atoms with Gasteiger partial charge in [-0.2, -0.15) is 21.6 Å². The molecule has 0 saturated heterocycles. The lowest BCUT2D eigenvalue weighted by Gasteiger charge is -2.19. The van der Waals surface area contributed by atoms with Crippen LogP contribution in [0.15, 0.2) is 22.4 Å². The van der Waals surface area contributed by atoms with Crippen molar-refractivity contribution >= 4 is 63.0 Å². The maximum absolute atomic E-state index is 11.4. The molecule has 0 radical (unpaired) electrons. The summed E-state index contributed by atoms with van der Waals surface area (Å²) in [6, 6.07) is 3.34. The number of hydrogen-bond donors (Lipinski definition) is 7. The SMILES string of the molecule is CSc1nc(N)cc(NCCN)n1.CSc1nc(N)cc(NCCNC(=O)OC(C)(C)C)n1.O=S(=O)(O)C(F)(F)F. The summed E-state index contributed by atoms with van der Waals surface area (Å²) >= 11 is 2.87. The van der Waals surface area contributed by atoms with E-state index in [4.69, 9.17) is 34.9 Å². The van der Waals surface area contributed by atoms with E-state index >= 15 is 0 Å². The fourth-order valence-corrected chi connectivity index (χ4v) is 2.89. The number of aromatic nitrogens is 4. The molecule has 0 fully saturated rings. The highest BCUT2D eigenvalue weighted by molar-refractivity contribution is 7.98. The minimum absolute atomic E-state index is 0.409. The fraction of sp³-hybridized carbons (Fsp3) is 0.550. The van der Waals surface area contributed by atoms with Gasteiger partial charge in [-0.1, -0.05) is 23.5 Å². The standard InChI is InChI=1S/C12H21N5O2S.C7H13N5S.CHF3O3S/c1-12(2,3)19-11(18)15-6-5-14-9-7-8(13)16-10(17-9)20-4;1-13-7-11-5(9)4-6(12-7)10-3-2-8;2-1(3,4)8(5,6)7/h7H,5-6H2,1-4H3,(H,15,18)(H3,13,14,16,17);4H,2-3,8H2,1H3,(H3,9,10,11,12);(H,5,6,7). The van der Waals surface area contributed by atoms with Gasteiger partial charge < -0.3 is 37.9 Å². The average molecular weight is 649 g/mol. The van der Waals surface area contributed by atoms with Crippen LogP contribution in [0, 0.1) is 0 Å². The number of carbonyl (C=O) groups is 1. The Labute approximate surface area is 244 Å². The zero-order chi connectivity index (χ0) is 31.9. The molecule has 2 rings (SSSR count). The number of ether oxygens (including phenoxy) is 1. The van der Waals surface area contributed by atoms with Crippen LogP contribution in [-0.2, 0) is 14.9 Å². The van der Waals surface area contributed by atoms with Gasteiger partial charge in [0.25, 0.3) is 0 Å². The number of hydrogen-bond acceptors (Lipinski definition) is 15. The van der Waals surface area contributed by atoms with Crippen LogP contribution in [-0.4, -0.2) is 88.8 Å². The van der Waals surface area contributed by atoms with Crippen molar-refractivity contribution in [3.63, 3.8) is 0 Å². The van der Waals surface area contributed by atoms with Crippen LogP contribution in [0.3, 0.4) is 0 Å². The van der Waals surface area contributed by atoms with Gasteiger partial charge in [-0.25, -0.2) is 24.7 Å². The van der Waals surface area contributed by atoms with E-state index in [1.165, 1.54) is 23.5 Å². The number of amides is 1. The van der Waals surface area contributed by atoms with Crippen molar-refractivity contribution < 1.29 is 35.7 Å². The largest absolute Gasteiger partial charge is 0.522 e. The molecular weight excluding hydrogens is 613 g/mol. The van der Waals surface area contributed by atoms with Crippen molar-refractivity contribution in [3.05, 3.63) is 12.1 Å². The molecule has 0 spiro atoms. The zero-order valence-electron chi connectivity index (χ0n) is 22.9. The van der Waals surface area contributed by atoms with Gasteiger partial charge in [-0.05, 0) is 33.3 Å². The average Bonchev–Trinajstić information content (AvgIpc) is 2.83. The second-order valence-electron chi connectivity index (χ2n) is 8.32. The summed E-state index contributed by atoms with van der Waals surface area (Å²) < 4.78 is 62.7. The summed E-state index contributed by atoms with van der Waals surface area (Å²) in [7, 11) is -5.84. The molecule has 1 amide bonds. The number of nitrogens with zero attached hydrogens (tertiary/aromatic N) is 4. The first-order chi connectivity index (χ1) is 18.8. The Morgan fingerprint density at radius 3 is 1.68 bits per heavy atom. The van der Waals surface area contributed by atoms with Crippen molar-refractivity contribution in [1.82, 2.24) is 25.3 Å². The van der Waals surface area contributed by atoms with E-state index in [1.807, 2.05) is 33.3 Å². The summed E-state index contributed by atoms with van der Waals surface area (Å²) in [4.78, 5) is 27.9. The summed E-state index contributed by atoms with van der Waals surface area (Å²) in [6.45, 7) is 7.65. The van der Waals surface area contributed by atoms with E-state index in [9.17, 15) is 18.0 Å². The van der Waals surface area contributed by atoms with E-state index < -0.39 is 27.3 Å². The van der Waals surface area contributed by atoms with Crippen LogP contribution in [0.1, 0.15) is 20.8 Å². The van der Waals surface area contributed by atoms with E-state index in [0.717, 1.165) is 5.82 Å². The van der Waals surface area contributed by atoms with Crippen LogP contribution in [0.25, 0.3) is 0 Å². The number of thioether (sulfide) groups is 2. The Morgan fingerprint density at radius 2 is 1.34 bits per heavy atom. The quantitative estimate of drug-likeness (QED) is 0.0677. The van der Waals surface area contributed by atoms with E-state index in [2.05, 4.69) is 35.9 Å². The van der Waals surface area contributed by atoms with Gasteiger partial charge >= 0.3 is 21.7 Å². The van der Waals surface area contributed by atoms with Crippen molar-refractivity contribution in [2.45, 2.75) is 42.2 Å². The third kappa shape index (κ3) is 18.1. The topological polar surface area (TPSA) is 246 Å². The third-order valence-electron chi connectivity index (χ3n) is 3.66. The molecule has 0 saturated carbocycles. The Balaban J connectivity index is 0.000000652. The molecule has 0 aliphatic carbocycles. The lowest BCUT2D eigenvalue weighted by Crippen LogP contribution is -2.35. The number of nitrogen functional groups attached to an aromatic ring is 2. The van der Waals surface area contributed by atoms with Crippen molar-refractivity contribution in [1.29, 1.82) is 0 Å². The van der Waals surface area contributed by atoms with Crippen LogP contribution in [0.2, 0.25) is 0 Å². The highest BCUT2D eigenvalue weighted by Crippen LogP contribution is 2.20. The first-order valence-corrected chi connectivity index (χ1v) is 15.3. The number of nitrogens with one attached hydrogen (secondary N) is 3. The number of alkyl halides is 3. The van der Waals surface area contributed by atoms with E-state index in [-0.39, 0.29) is 0 Å². The lowest BCUT2D eigenvalue weighted by atomic mass is 10.2. The number of carbonyl (C=O) groups excluding carboxylic acids is 1. The number of anilines is 4. The molecular formula is C20H35F3N10O5S3. The van der Waals surface area contributed by atoms with Crippen molar-refractivity contribution in [2.75, 3.05) is 60.8 Å². The number of halogens is 3. The van der Waals surface area contributed by atoms with Gasteiger partial charge in [0.15, 0.2) is 10.3 Å². The Bertz CT molecular complexity index is 1200. The fourth-order valence-electron chi connectivity index (χ4n) is 2.12. The monoisotopic (exact) mass is 648 g/mol. The van der Waals surface area contributed by atoms with Gasteiger partial charge in [0.05, 0.1) is 0 Å². The minimum atomic E-state index is -5.84. The normalized spacial score (nSPS) is 11.3. The molecule has 41 heavy (non-hydrogen) atoms. The molecule has 0 unspecified atom stereocenters. The summed E-state index contributed by atoms with van der Waals surface area (Å²) in [5.41, 5.74) is 10.5. The first kappa shape index (κ1) is 38.0. The molecule has 2 aromatic heterocycles.